The van der Waals surface area contributed by atoms with Crippen LogP contribution in [0.3, 0.4) is 0 Å². The van der Waals surface area contributed by atoms with E-state index < -0.39 is 9.84 Å². The smallest absolute Gasteiger partial charge is 0.292 e. The van der Waals surface area contributed by atoms with Crippen molar-refractivity contribution in [3.05, 3.63) is 29.1 Å². The summed E-state index contributed by atoms with van der Waals surface area (Å²) >= 11 is 5.29. The highest BCUT2D eigenvalue weighted by Crippen LogP contribution is 2.21. The summed E-state index contributed by atoms with van der Waals surface area (Å²) in [5.74, 6) is 1.70. The highest BCUT2D eigenvalue weighted by molar-refractivity contribution is 7.91. The van der Waals surface area contributed by atoms with Gasteiger partial charge in [-0.05, 0) is 43.4 Å². The molecule has 0 aliphatic carbocycles. The molecule has 1 aromatic carbocycles. The fourth-order valence-corrected chi connectivity index (χ4v) is 5.11. The van der Waals surface area contributed by atoms with E-state index in [1.165, 1.54) is 0 Å². The fraction of sp³-hybridized carbons (Fsp3) is 0.500. The largest absolute Gasteiger partial charge is 0.497 e. The van der Waals surface area contributed by atoms with Gasteiger partial charge in [-0.1, -0.05) is 0 Å². The second kappa shape index (κ2) is 7.27. The van der Waals surface area contributed by atoms with E-state index in [0.717, 1.165) is 22.8 Å². The molecule has 0 amide bonds. The fourth-order valence-electron chi connectivity index (χ4n) is 3.10. The molecule has 1 aliphatic heterocycles. The van der Waals surface area contributed by atoms with Crippen LogP contribution in [0.2, 0.25) is 0 Å². The standard InChI is InChI=1S/C16H21N3O4S2/c1-3-18(13-8-9-25(20,21)10-13)11-19-16(24)23-15(17-19)12-4-6-14(22-2)7-5-12/h4-7,13H,3,8-11H2,1-2H3/p+1/t13-/m0/s1. The summed E-state index contributed by atoms with van der Waals surface area (Å²) in [7, 11) is -1.30. The topological polar surface area (TPSA) is 78.8 Å². The summed E-state index contributed by atoms with van der Waals surface area (Å²) in [5.41, 5.74) is 0.812. The number of quaternary nitrogens is 1. The Labute approximate surface area is 152 Å². The van der Waals surface area contributed by atoms with Gasteiger partial charge in [0.1, 0.15) is 17.5 Å². The maximum atomic E-state index is 11.7. The molecule has 1 aliphatic rings. The molecule has 1 unspecified atom stereocenters. The van der Waals surface area contributed by atoms with Crippen LogP contribution in [0.15, 0.2) is 28.7 Å². The van der Waals surface area contributed by atoms with Gasteiger partial charge >= 0.3 is 0 Å². The van der Waals surface area contributed by atoms with E-state index in [9.17, 15) is 8.42 Å². The lowest BCUT2D eigenvalue weighted by atomic mass is 10.2. The number of nitrogens with zero attached hydrogens (tertiary/aromatic N) is 2. The number of sulfone groups is 1. The summed E-state index contributed by atoms with van der Waals surface area (Å²) in [6.07, 6.45) is 0.683. The van der Waals surface area contributed by atoms with Gasteiger partial charge in [-0.15, -0.1) is 5.10 Å². The molecule has 2 heterocycles. The summed E-state index contributed by atoms with van der Waals surface area (Å²) in [6, 6.07) is 7.47. The summed E-state index contributed by atoms with van der Waals surface area (Å²) in [4.78, 5) is 1.43. The maximum Gasteiger partial charge on any atom is 0.292 e. The highest BCUT2D eigenvalue weighted by Gasteiger charge is 2.35. The number of hydrogen-bond acceptors (Lipinski definition) is 6. The molecule has 9 heteroatoms. The molecule has 7 nitrogen and oxygen atoms in total. The zero-order valence-electron chi connectivity index (χ0n) is 14.3. The van der Waals surface area contributed by atoms with Crippen LogP contribution in [0, 0.1) is 4.84 Å². The van der Waals surface area contributed by atoms with E-state index >= 15 is 0 Å². The van der Waals surface area contributed by atoms with Gasteiger partial charge in [0.25, 0.3) is 4.84 Å². The van der Waals surface area contributed by atoms with Crippen molar-refractivity contribution < 1.29 is 22.5 Å². The van der Waals surface area contributed by atoms with Gasteiger partial charge < -0.3 is 14.1 Å². The number of rotatable bonds is 6. The van der Waals surface area contributed by atoms with Crippen molar-refractivity contribution >= 4 is 22.1 Å². The van der Waals surface area contributed by atoms with Crippen LogP contribution in [-0.4, -0.2) is 49.4 Å². The SMILES string of the molecule is CC[NH+](Cn1nc(-c2ccc(OC)cc2)oc1=S)[C@H]1CCS(=O)(=O)C1. The monoisotopic (exact) mass is 384 g/mol. The third kappa shape index (κ3) is 4.10. The Bertz CT molecular complexity index is 887. The van der Waals surface area contributed by atoms with Crippen LogP contribution >= 0.6 is 12.2 Å². The third-order valence-corrected chi connectivity index (χ3v) is 6.62. The van der Waals surface area contributed by atoms with Crippen LogP contribution < -0.4 is 9.64 Å². The van der Waals surface area contributed by atoms with Gasteiger partial charge in [0.05, 0.1) is 19.4 Å². The second-order valence-corrected chi connectivity index (χ2v) is 8.75. The Hall–Kier alpha value is -1.71. The first-order chi connectivity index (χ1) is 11.9. The second-order valence-electron chi connectivity index (χ2n) is 6.17. The summed E-state index contributed by atoms with van der Waals surface area (Å²) in [6.45, 7) is 3.33. The minimum absolute atomic E-state index is 0.0815. The van der Waals surface area contributed by atoms with E-state index in [1.807, 2.05) is 31.2 Å². The van der Waals surface area contributed by atoms with Crippen LogP contribution in [0.25, 0.3) is 11.5 Å². The van der Waals surface area contributed by atoms with Gasteiger partial charge in [0.2, 0.25) is 5.89 Å². The van der Waals surface area contributed by atoms with Gasteiger partial charge in [0.15, 0.2) is 16.5 Å². The molecule has 1 aromatic heterocycles. The lowest BCUT2D eigenvalue weighted by Gasteiger charge is -2.22. The molecular weight excluding hydrogens is 362 g/mol. The average molecular weight is 385 g/mol. The van der Waals surface area contributed by atoms with Crippen LogP contribution in [-0.2, 0) is 16.5 Å². The first kappa shape index (κ1) is 18.1. The van der Waals surface area contributed by atoms with Crippen molar-refractivity contribution in [2.24, 2.45) is 0 Å². The predicted molar refractivity (Wildman–Crippen MR) is 95.9 cm³/mol. The van der Waals surface area contributed by atoms with Crippen LogP contribution in [0.1, 0.15) is 13.3 Å². The molecule has 1 fully saturated rings. The number of ether oxygens (including phenoxy) is 1. The first-order valence-corrected chi connectivity index (χ1v) is 10.4. The highest BCUT2D eigenvalue weighted by atomic mass is 32.2. The molecule has 0 spiro atoms. The van der Waals surface area contributed by atoms with E-state index in [4.69, 9.17) is 21.4 Å². The lowest BCUT2D eigenvalue weighted by Crippen LogP contribution is -3.15. The van der Waals surface area contributed by atoms with E-state index in [1.54, 1.807) is 11.8 Å². The summed E-state index contributed by atoms with van der Waals surface area (Å²) in [5, 5.41) is 4.47. The zero-order chi connectivity index (χ0) is 18.0. The van der Waals surface area contributed by atoms with E-state index in [-0.39, 0.29) is 22.4 Å². The van der Waals surface area contributed by atoms with Crippen molar-refractivity contribution in [1.82, 2.24) is 9.78 Å². The molecule has 0 bridgehead atoms. The molecule has 25 heavy (non-hydrogen) atoms. The van der Waals surface area contributed by atoms with Crippen LogP contribution in [0.5, 0.6) is 5.75 Å². The Balaban J connectivity index is 1.78. The molecule has 2 atom stereocenters. The molecule has 1 saturated heterocycles. The number of methoxy groups -OCH3 is 1. The van der Waals surface area contributed by atoms with Crippen molar-refractivity contribution in [2.75, 3.05) is 25.2 Å². The Morgan fingerprint density at radius 3 is 2.68 bits per heavy atom. The average Bonchev–Trinajstić information content (AvgIpc) is 3.15. The van der Waals surface area contributed by atoms with E-state index in [2.05, 4.69) is 5.10 Å². The Kier molecular flexibility index (Phi) is 5.26. The molecule has 136 valence electrons. The van der Waals surface area contributed by atoms with E-state index in [0.29, 0.717) is 19.0 Å². The number of hydrogen-bond donors (Lipinski definition) is 1. The van der Waals surface area contributed by atoms with Crippen molar-refractivity contribution in [2.45, 2.75) is 26.1 Å². The Morgan fingerprint density at radius 1 is 1.40 bits per heavy atom. The number of benzene rings is 1. The minimum atomic E-state index is -2.91. The number of aromatic nitrogens is 2. The van der Waals surface area contributed by atoms with Gasteiger partial charge in [-0.3, -0.25) is 0 Å². The molecule has 2 aromatic rings. The molecule has 3 rings (SSSR count). The normalized spacial score (nSPS) is 20.5. The van der Waals surface area contributed by atoms with Crippen LogP contribution in [0.4, 0.5) is 0 Å². The molecule has 0 radical (unpaired) electrons. The third-order valence-electron chi connectivity index (χ3n) is 4.56. The van der Waals surface area contributed by atoms with Gasteiger partial charge in [-0.2, -0.15) is 4.68 Å². The molecular formula is C16H22N3O4S2+. The quantitative estimate of drug-likeness (QED) is 0.747. The number of nitrogens with one attached hydrogen (secondary N) is 1. The maximum absolute atomic E-state index is 11.7. The first-order valence-electron chi connectivity index (χ1n) is 8.19. The van der Waals surface area contributed by atoms with Gasteiger partial charge in [0, 0.05) is 12.0 Å². The summed E-state index contributed by atoms with van der Waals surface area (Å²) < 4.78 is 35.9. The van der Waals surface area contributed by atoms with Crippen molar-refractivity contribution in [3.63, 3.8) is 0 Å². The lowest BCUT2D eigenvalue weighted by molar-refractivity contribution is -0.943. The minimum Gasteiger partial charge on any atom is -0.497 e. The van der Waals surface area contributed by atoms with Crippen molar-refractivity contribution in [1.29, 1.82) is 0 Å². The van der Waals surface area contributed by atoms with Gasteiger partial charge in [-0.25, -0.2) is 8.42 Å². The molecule has 1 N–H and O–H groups in total. The Morgan fingerprint density at radius 2 is 2.12 bits per heavy atom. The van der Waals surface area contributed by atoms with Crippen molar-refractivity contribution in [3.8, 4) is 17.2 Å². The zero-order valence-corrected chi connectivity index (χ0v) is 15.9. The predicted octanol–water partition coefficient (Wildman–Crippen LogP) is 0.931. The molecule has 0 saturated carbocycles.